The number of nitrogens with zero attached hydrogens (tertiary/aromatic N) is 4. The molecule has 4 rings (SSSR count). The molecule has 1 saturated heterocycles. The van der Waals surface area contributed by atoms with E-state index in [-0.39, 0.29) is 18.2 Å². The number of piperidine rings is 1. The van der Waals surface area contributed by atoms with Gasteiger partial charge in [0.2, 0.25) is 0 Å². The van der Waals surface area contributed by atoms with Gasteiger partial charge in [0, 0.05) is 24.2 Å². The van der Waals surface area contributed by atoms with Gasteiger partial charge < -0.3 is 14.4 Å². The van der Waals surface area contributed by atoms with Crippen molar-refractivity contribution >= 4 is 12.1 Å². The molecule has 0 unspecified atom stereocenters. The first-order valence-corrected chi connectivity index (χ1v) is 12.0. The Balaban J connectivity index is 1.41. The van der Waals surface area contributed by atoms with Crippen molar-refractivity contribution in [2.45, 2.75) is 51.7 Å². The largest absolute Gasteiger partial charge is 0.465 e. The number of hydrogen-bond acceptors (Lipinski definition) is 6. The number of likely N-dealkylation sites (tertiary alicyclic amines) is 1. The maximum Gasteiger partial charge on any atom is 0.410 e. The second kappa shape index (κ2) is 10.5. The molecule has 2 heterocycles. The Hall–Kier alpha value is -3.75. The Labute approximate surface area is 210 Å². The third-order valence-corrected chi connectivity index (χ3v) is 6.15. The summed E-state index contributed by atoms with van der Waals surface area (Å²) in [5.41, 5.74) is 2.86. The zero-order valence-corrected chi connectivity index (χ0v) is 21.0. The predicted octanol–water partition coefficient (Wildman–Crippen LogP) is 5.03. The number of methoxy groups -OCH3 is 1. The number of carbonyl (C=O) groups excluding carboxylic acids is 2. The first kappa shape index (κ1) is 25.3. The van der Waals surface area contributed by atoms with E-state index >= 15 is 0 Å². The molecule has 3 aromatic rings. The van der Waals surface area contributed by atoms with Gasteiger partial charge in [-0.2, -0.15) is 0 Å². The third-order valence-electron chi connectivity index (χ3n) is 6.15. The molecule has 2 aromatic carbocycles. The van der Waals surface area contributed by atoms with Crippen molar-refractivity contribution in [1.29, 1.82) is 0 Å². The molecule has 0 atom stereocenters. The SMILES string of the molecule is COC(=O)c1ccc(Cn2cc(-c3cccc(C4CCN(C(=O)OC(C)(C)C)CC4)c3)nn2)c(F)c1. The van der Waals surface area contributed by atoms with Crippen LogP contribution in [-0.2, 0) is 16.0 Å². The zero-order chi connectivity index (χ0) is 25.9. The summed E-state index contributed by atoms with van der Waals surface area (Å²) in [6.45, 7) is 7.10. The molecule has 0 bridgehead atoms. The number of carbonyl (C=O) groups is 2. The maximum absolute atomic E-state index is 14.5. The van der Waals surface area contributed by atoms with Gasteiger partial charge in [0.05, 0.1) is 25.4 Å². The minimum Gasteiger partial charge on any atom is -0.465 e. The average Bonchev–Trinajstić information content (AvgIpc) is 3.32. The highest BCUT2D eigenvalue weighted by atomic mass is 19.1. The van der Waals surface area contributed by atoms with Crippen LogP contribution in [0.2, 0.25) is 0 Å². The monoisotopic (exact) mass is 494 g/mol. The van der Waals surface area contributed by atoms with E-state index in [1.54, 1.807) is 21.8 Å². The van der Waals surface area contributed by atoms with Gasteiger partial charge in [-0.25, -0.2) is 18.7 Å². The Morgan fingerprint density at radius 3 is 2.53 bits per heavy atom. The second-order valence-corrected chi connectivity index (χ2v) is 9.97. The summed E-state index contributed by atoms with van der Waals surface area (Å²) in [6.07, 6.45) is 3.23. The van der Waals surface area contributed by atoms with Gasteiger partial charge in [-0.15, -0.1) is 5.10 Å². The summed E-state index contributed by atoms with van der Waals surface area (Å²) >= 11 is 0. The van der Waals surface area contributed by atoms with Gasteiger partial charge in [-0.1, -0.05) is 29.5 Å². The summed E-state index contributed by atoms with van der Waals surface area (Å²) in [7, 11) is 1.26. The Kier molecular flexibility index (Phi) is 7.37. The first-order chi connectivity index (χ1) is 17.1. The molecule has 1 aliphatic rings. The van der Waals surface area contributed by atoms with E-state index in [1.165, 1.54) is 18.7 Å². The van der Waals surface area contributed by atoms with E-state index in [9.17, 15) is 14.0 Å². The number of halogens is 1. The molecule has 9 heteroatoms. The van der Waals surface area contributed by atoms with Gasteiger partial charge in [0.25, 0.3) is 0 Å². The van der Waals surface area contributed by atoms with Gasteiger partial charge in [-0.05, 0) is 63.3 Å². The molecular formula is C27H31FN4O4. The van der Waals surface area contributed by atoms with Crippen molar-refractivity contribution in [3.63, 3.8) is 0 Å². The number of benzene rings is 2. The molecule has 0 radical (unpaired) electrons. The first-order valence-electron chi connectivity index (χ1n) is 12.0. The van der Waals surface area contributed by atoms with Gasteiger partial charge in [-0.3, -0.25) is 0 Å². The van der Waals surface area contributed by atoms with Crippen LogP contribution >= 0.6 is 0 Å². The van der Waals surface area contributed by atoms with E-state index in [2.05, 4.69) is 27.2 Å². The maximum atomic E-state index is 14.5. The molecular weight excluding hydrogens is 463 g/mol. The molecule has 190 valence electrons. The lowest BCUT2D eigenvalue weighted by molar-refractivity contribution is 0.0204. The Morgan fingerprint density at radius 1 is 1.11 bits per heavy atom. The van der Waals surface area contributed by atoms with Crippen LogP contribution in [0.3, 0.4) is 0 Å². The molecule has 36 heavy (non-hydrogen) atoms. The molecule has 0 aliphatic carbocycles. The van der Waals surface area contributed by atoms with Crippen molar-refractivity contribution in [3.8, 4) is 11.3 Å². The lowest BCUT2D eigenvalue weighted by Crippen LogP contribution is -2.41. The molecule has 0 spiro atoms. The summed E-state index contributed by atoms with van der Waals surface area (Å²) in [5, 5.41) is 8.43. The fraction of sp³-hybridized carbons (Fsp3) is 0.407. The molecule has 1 aliphatic heterocycles. The summed E-state index contributed by atoms with van der Waals surface area (Å²) in [6, 6.07) is 12.4. The molecule has 0 N–H and O–H groups in total. The minimum absolute atomic E-state index is 0.159. The van der Waals surface area contributed by atoms with Crippen molar-refractivity contribution < 1.29 is 23.5 Å². The zero-order valence-electron chi connectivity index (χ0n) is 21.0. The van der Waals surface area contributed by atoms with Crippen molar-refractivity contribution in [3.05, 3.63) is 71.2 Å². The second-order valence-electron chi connectivity index (χ2n) is 9.97. The quantitative estimate of drug-likeness (QED) is 0.462. The fourth-order valence-electron chi connectivity index (χ4n) is 4.28. The Morgan fingerprint density at radius 2 is 1.86 bits per heavy atom. The molecule has 0 saturated carbocycles. The number of ether oxygens (including phenoxy) is 2. The predicted molar refractivity (Wildman–Crippen MR) is 132 cm³/mol. The minimum atomic E-state index is -0.584. The highest BCUT2D eigenvalue weighted by molar-refractivity contribution is 5.89. The van der Waals surface area contributed by atoms with E-state index in [4.69, 9.17) is 4.74 Å². The number of aromatic nitrogens is 3. The summed E-state index contributed by atoms with van der Waals surface area (Å²) in [5.74, 6) is -0.755. The average molecular weight is 495 g/mol. The standard InChI is InChI=1S/C27H31FN4O4/c1-27(2,3)36-26(34)31-12-10-18(11-13-31)19-6-5-7-20(14-19)24-17-32(30-29-24)16-22-9-8-21(15-23(22)28)25(33)35-4/h5-9,14-15,17-18H,10-13,16H2,1-4H3. The van der Waals surface area contributed by atoms with Crippen LogP contribution < -0.4 is 0 Å². The topological polar surface area (TPSA) is 86.5 Å². The Bertz CT molecular complexity index is 1240. The highest BCUT2D eigenvalue weighted by Crippen LogP contribution is 2.31. The van der Waals surface area contributed by atoms with Crippen molar-refractivity contribution in [2.75, 3.05) is 20.2 Å². The number of esters is 1. The van der Waals surface area contributed by atoms with Gasteiger partial charge in [0.15, 0.2) is 0 Å². The molecule has 1 amide bonds. The van der Waals surface area contributed by atoms with E-state index < -0.39 is 17.4 Å². The van der Waals surface area contributed by atoms with Gasteiger partial charge >= 0.3 is 12.1 Å². The van der Waals surface area contributed by atoms with Crippen LogP contribution in [0, 0.1) is 5.82 Å². The normalized spacial score (nSPS) is 14.5. The van der Waals surface area contributed by atoms with Crippen LogP contribution in [-0.4, -0.2) is 57.8 Å². The molecule has 8 nitrogen and oxygen atoms in total. The van der Waals surface area contributed by atoms with Gasteiger partial charge in [0.1, 0.15) is 17.1 Å². The van der Waals surface area contributed by atoms with Crippen LogP contribution in [0.1, 0.15) is 61.0 Å². The summed E-state index contributed by atoms with van der Waals surface area (Å²) < 4.78 is 26.2. The van der Waals surface area contributed by atoms with Crippen LogP contribution in [0.5, 0.6) is 0 Å². The number of rotatable bonds is 5. The van der Waals surface area contributed by atoms with E-state index in [0.717, 1.165) is 24.5 Å². The lowest BCUT2D eigenvalue weighted by Gasteiger charge is -2.33. The number of hydrogen-bond donors (Lipinski definition) is 0. The van der Waals surface area contributed by atoms with E-state index in [1.807, 2.05) is 32.9 Å². The highest BCUT2D eigenvalue weighted by Gasteiger charge is 2.27. The third kappa shape index (κ3) is 6.08. The van der Waals surface area contributed by atoms with Crippen molar-refractivity contribution in [1.82, 2.24) is 19.9 Å². The van der Waals surface area contributed by atoms with Crippen molar-refractivity contribution in [2.24, 2.45) is 0 Å². The number of amides is 1. The van der Waals surface area contributed by atoms with Crippen LogP contribution in [0.25, 0.3) is 11.3 Å². The molecule has 1 aromatic heterocycles. The van der Waals surface area contributed by atoms with E-state index in [0.29, 0.717) is 30.3 Å². The lowest BCUT2D eigenvalue weighted by atomic mass is 9.88. The van der Waals surface area contributed by atoms with Crippen LogP contribution in [0.15, 0.2) is 48.7 Å². The smallest absolute Gasteiger partial charge is 0.410 e. The molecule has 1 fully saturated rings. The van der Waals surface area contributed by atoms with Crippen LogP contribution in [0.4, 0.5) is 9.18 Å². The fourth-order valence-corrected chi connectivity index (χ4v) is 4.28. The summed E-state index contributed by atoms with van der Waals surface area (Å²) in [4.78, 5) is 25.7.